The standard InChI is InChI=1S/C28H24ClN3O6/c1-3-37-24-14-18(10-12-23(24)38-16-25(33)30-20-7-5-4-6-8-20)13-21-26(34)31-28(36)32(27(21)35)22-15-19(29)11-9-17(22)2/h4-15H,3,16H2,1-2H3,(H,30,33)(H,31,34,36)/b21-13+. The number of halogens is 1. The maximum atomic E-state index is 13.3. The predicted octanol–water partition coefficient (Wildman–Crippen LogP) is 4.73. The number of carbonyl (C=O) groups excluding carboxylic acids is 4. The van der Waals surface area contributed by atoms with Crippen molar-refractivity contribution >= 4 is 52.8 Å². The molecular weight excluding hydrogens is 510 g/mol. The fourth-order valence-electron chi connectivity index (χ4n) is 3.73. The van der Waals surface area contributed by atoms with E-state index in [2.05, 4.69) is 10.6 Å². The average Bonchev–Trinajstić information content (AvgIpc) is 2.89. The number of hydrogen-bond acceptors (Lipinski definition) is 6. The van der Waals surface area contributed by atoms with Gasteiger partial charge in [0.1, 0.15) is 5.57 Å². The number of hydrogen-bond donors (Lipinski definition) is 2. The molecule has 1 heterocycles. The van der Waals surface area contributed by atoms with Crippen LogP contribution in [0, 0.1) is 6.92 Å². The SMILES string of the molecule is CCOc1cc(/C=C2\C(=O)NC(=O)N(c3cc(Cl)ccc3C)C2=O)ccc1OCC(=O)Nc1ccccc1. The lowest BCUT2D eigenvalue weighted by atomic mass is 10.1. The van der Waals surface area contributed by atoms with Gasteiger partial charge in [-0.2, -0.15) is 0 Å². The van der Waals surface area contributed by atoms with E-state index in [0.29, 0.717) is 39.9 Å². The number of para-hydroxylation sites is 1. The molecule has 10 heteroatoms. The van der Waals surface area contributed by atoms with E-state index >= 15 is 0 Å². The molecule has 3 aromatic carbocycles. The molecule has 0 radical (unpaired) electrons. The van der Waals surface area contributed by atoms with Crippen LogP contribution in [0.15, 0.2) is 72.3 Å². The molecule has 0 unspecified atom stereocenters. The van der Waals surface area contributed by atoms with Gasteiger partial charge in [0.25, 0.3) is 17.7 Å². The Balaban J connectivity index is 1.56. The minimum Gasteiger partial charge on any atom is -0.490 e. The smallest absolute Gasteiger partial charge is 0.335 e. The molecule has 0 atom stereocenters. The second-order valence-corrected chi connectivity index (χ2v) is 8.67. The predicted molar refractivity (Wildman–Crippen MR) is 143 cm³/mol. The molecule has 1 saturated heterocycles. The fraction of sp³-hybridized carbons (Fsp3) is 0.143. The van der Waals surface area contributed by atoms with Crippen molar-refractivity contribution in [2.45, 2.75) is 13.8 Å². The second kappa shape index (κ2) is 11.6. The highest BCUT2D eigenvalue weighted by molar-refractivity contribution is 6.39. The van der Waals surface area contributed by atoms with Gasteiger partial charge in [0.05, 0.1) is 12.3 Å². The van der Waals surface area contributed by atoms with Crippen molar-refractivity contribution in [2.75, 3.05) is 23.4 Å². The van der Waals surface area contributed by atoms with Crippen LogP contribution >= 0.6 is 11.6 Å². The first-order valence-electron chi connectivity index (χ1n) is 11.7. The van der Waals surface area contributed by atoms with Crippen LogP contribution in [-0.2, 0) is 14.4 Å². The van der Waals surface area contributed by atoms with Crippen LogP contribution in [0.4, 0.5) is 16.2 Å². The zero-order valence-corrected chi connectivity index (χ0v) is 21.4. The van der Waals surface area contributed by atoms with Gasteiger partial charge in [0.2, 0.25) is 0 Å². The summed E-state index contributed by atoms with van der Waals surface area (Å²) < 4.78 is 11.3. The molecule has 194 valence electrons. The number of barbiturate groups is 1. The monoisotopic (exact) mass is 533 g/mol. The van der Waals surface area contributed by atoms with Crippen molar-refractivity contribution in [3.8, 4) is 11.5 Å². The molecule has 5 amide bonds. The van der Waals surface area contributed by atoms with Crippen molar-refractivity contribution in [2.24, 2.45) is 0 Å². The van der Waals surface area contributed by atoms with E-state index in [1.54, 1.807) is 68.4 Å². The van der Waals surface area contributed by atoms with E-state index in [-0.39, 0.29) is 23.8 Å². The molecule has 1 aliphatic heterocycles. The Hall–Kier alpha value is -4.63. The van der Waals surface area contributed by atoms with Crippen LogP contribution in [0.2, 0.25) is 5.02 Å². The van der Waals surface area contributed by atoms with Crippen LogP contribution in [-0.4, -0.2) is 37.0 Å². The van der Waals surface area contributed by atoms with Gasteiger partial charge in [0.15, 0.2) is 18.1 Å². The molecule has 3 aromatic rings. The largest absolute Gasteiger partial charge is 0.490 e. The summed E-state index contributed by atoms with van der Waals surface area (Å²) >= 11 is 6.07. The lowest BCUT2D eigenvalue weighted by molar-refractivity contribution is -0.122. The number of benzene rings is 3. The summed E-state index contributed by atoms with van der Waals surface area (Å²) in [7, 11) is 0. The van der Waals surface area contributed by atoms with Crippen LogP contribution in [0.25, 0.3) is 6.08 Å². The third-order valence-electron chi connectivity index (χ3n) is 5.51. The minimum absolute atomic E-state index is 0.248. The van der Waals surface area contributed by atoms with Crippen LogP contribution in [0.3, 0.4) is 0 Å². The van der Waals surface area contributed by atoms with E-state index in [1.165, 1.54) is 12.1 Å². The maximum Gasteiger partial charge on any atom is 0.335 e. The zero-order valence-electron chi connectivity index (χ0n) is 20.6. The summed E-state index contributed by atoms with van der Waals surface area (Å²) in [6.07, 6.45) is 1.35. The summed E-state index contributed by atoms with van der Waals surface area (Å²) in [5.41, 5.74) is 1.74. The highest BCUT2D eigenvalue weighted by Gasteiger charge is 2.37. The Morgan fingerprint density at radius 2 is 1.76 bits per heavy atom. The lowest BCUT2D eigenvalue weighted by Gasteiger charge is -2.27. The lowest BCUT2D eigenvalue weighted by Crippen LogP contribution is -2.54. The van der Waals surface area contributed by atoms with Crippen molar-refractivity contribution in [1.29, 1.82) is 0 Å². The minimum atomic E-state index is -0.866. The molecule has 0 aromatic heterocycles. The van der Waals surface area contributed by atoms with Crippen molar-refractivity contribution in [3.63, 3.8) is 0 Å². The van der Waals surface area contributed by atoms with Crippen molar-refractivity contribution < 1.29 is 28.7 Å². The van der Waals surface area contributed by atoms with E-state index in [4.69, 9.17) is 21.1 Å². The Bertz CT molecular complexity index is 1440. The first-order valence-corrected chi connectivity index (χ1v) is 12.1. The normalized spacial score (nSPS) is 14.3. The Morgan fingerprint density at radius 1 is 1.00 bits per heavy atom. The molecule has 0 aliphatic carbocycles. The molecular formula is C28H24ClN3O6. The van der Waals surface area contributed by atoms with Gasteiger partial charge in [-0.3, -0.25) is 19.7 Å². The fourth-order valence-corrected chi connectivity index (χ4v) is 3.90. The summed E-state index contributed by atoms with van der Waals surface area (Å²) in [6, 6.07) is 17.7. The van der Waals surface area contributed by atoms with Gasteiger partial charge in [-0.25, -0.2) is 9.69 Å². The van der Waals surface area contributed by atoms with Crippen molar-refractivity contribution in [3.05, 3.63) is 88.5 Å². The van der Waals surface area contributed by atoms with E-state index in [1.807, 2.05) is 6.07 Å². The summed E-state index contributed by atoms with van der Waals surface area (Å²) in [6.45, 7) is 3.56. The quantitative estimate of drug-likeness (QED) is 0.319. The third-order valence-corrected chi connectivity index (χ3v) is 5.74. The maximum absolute atomic E-state index is 13.3. The van der Waals surface area contributed by atoms with Gasteiger partial charge in [0, 0.05) is 10.7 Å². The zero-order chi connectivity index (χ0) is 27.2. The number of nitrogens with one attached hydrogen (secondary N) is 2. The first kappa shape index (κ1) is 26.4. The van der Waals surface area contributed by atoms with Crippen LogP contribution < -0.4 is 25.0 Å². The number of amides is 5. The highest BCUT2D eigenvalue weighted by Crippen LogP contribution is 2.31. The number of aryl methyl sites for hydroxylation is 1. The van der Waals surface area contributed by atoms with Crippen LogP contribution in [0.5, 0.6) is 11.5 Å². The Labute approximate surface area is 224 Å². The Kier molecular flexibility index (Phi) is 8.08. The van der Waals surface area contributed by atoms with E-state index in [9.17, 15) is 19.2 Å². The topological polar surface area (TPSA) is 114 Å². The average molecular weight is 534 g/mol. The summed E-state index contributed by atoms with van der Waals surface area (Å²) in [5, 5.41) is 5.26. The molecule has 1 fully saturated rings. The molecule has 9 nitrogen and oxygen atoms in total. The van der Waals surface area contributed by atoms with Gasteiger partial charge < -0.3 is 14.8 Å². The molecule has 38 heavy (non-hydrogen) atoms. The highest BCUT2D eigenvalue weighted by atomic mass is 35.5. The molecule has 1 aliphatic rings. The summed E-state index contributed by atoms with van der Waals surface area (Å²) in [4.78, 5) is 51.5. The number of ether oxygens (including phenoxy) is 2. The third kappa shape index (κ3) is 6.01. The first-order chi connectivity index (χ1) is 18.3. The number of imide groups is 2. The van der Waals surface area contributed by atoms with E-state index in [0.717, 1.165) is 4.90 Å². The summed E-state index contributed by atoms with van der Waals surface area (Å²) in [5.74, 6) is -1.35. The number of carbonyl (C=O) groups is 4. The number of anilines is 2. The Morgan fingerprint density at radius 3 is 2.50 bits per heavy atom. The molecule has 0 saturated carbocycles. The second-order valence-electron chi connectivity index (χ2n) is 8.23. The van der Waals surface area contributed by atoms with Gasteiger partial charge in [-0.05, 0) is 67.4 Å². The van der Waals surface area contributed by atoms with Crippen LogP contribution in [0.1, 0.15) is 18.1 Å². The molecule has 0 spiro atoms. The number of rotatable bonds is 8. The van der Waals surface area contributed by atoms with E-state index < -0.39 is 17.8 Å². The number of urea groups is 1. The van der Waals surface area contributed by atoms with Gasteiger partial charge in [-0.1, -0.05) is 41.9 Å². The molecule has 0 bridgehead atoms. The van der Waals surface area contributed by atoms with Gasteiger partial charge in [-0.15, -0.1) is 0 Å². The van der Waals surface area contributed by atoms with Crippen molar-refractivity contribution in [1.82, 2.24) is 5.32 Å². The molecule has 2 N–H and O–H groups in total. The number of nitrogens with zero attached hydrogens (tertiary/aromatic N) is 1. The van der Waals surface area contributed by atoms with Gasteiger partial charge >= 0.3 is 6.03 Å². The molecule has 4 rings (SSSR count).